The topological polar surface area (TPSA) is 57.5 Å². The van der Waals surface area contributed by atoms with Gasteiger partial charge in [0.05, 0.1) is 6.04 Å². The molecule has 2 atom stereocenters. The summed E-state index contributed by atoms with van der Waals surface area (Å²) in [5.41, 5.74) is 3.14. The van der Waals surface area contributed by atoms with Gasteiger partial charge in [0.1, 0.15) is 17.6 Å². The van der Waals surface area contributed by atoms with Crippen LogP contribution in [0.1, 0.15) is 28.8 Å². The molecule has 0 saturated carbocycles. The number of aromatic nitrogens is 1. The summed E-state index contributed by atoms with van der Waals surface area (Å²) in [5, 5.41) is 13.6. The maximum Gasteiger partial charge on any atom is 0.119 e. The van der Waals surface area contributed by atoms with E-state index in [1.54, 1.807) is 12.3 Å². The highest BCUT2D eigenvalue weighted by molar-refractivity contribution is 5.87. The van der Waals surface area contributed by atoms with Crippen molar-refractivity contribution in [2.75, 3.05) is 0 Å². The van der Waals surface area contributed by atoms with Gasteiger partial charge in [0.25, 0.3) is 0 Å². The Morgan fingerprint density at radius 3 is 2.40 bits per heavy atom. The summed E-state index contributed by atoms with van der Waals surface area (Å²) >= 11 is 0. The summed E-state index contributed by atoms with van der Waals surface area (Å²) < 4.78 is 0. The Labute approximate surface area is 146 Å². The smallest absolute Gasteiger partial charge is 0.119 e. The molecule has 0 saturated heterocycles. The number of para-hydroxylation sites is 1. The number of pyridine rings is 1. The molecule has 124 valence electrons. The fourth-order valence-corrected chi connectivity index (χ4v) is 3.22. The van der Waals surface area contributed by atoms with Crippen LogP contribution in [0, 0.1) is 0 Å². The Hall–Kier alpha value is -3.14. The van der Waals surface area contributed by atoms with E-state index in [0.29, 0.717) is 12.2 Å². The van der Waals surface area contributed by atoms with Gasteiger partial charge in [-0.1, -0.05) is 54.6 Å². The lowest BCUT2D eigenvalue weighted by Gasteiger charge is -2.19. The molecule has 1 aliphatic rings. The molecule has 2 unspecified atom stereocenters. The average molecular weight is 329 g/mol. The van der Waals surface area contributed by atoms with Gasteiger partial charge >= 0.3 is 0 Å². The molecule has 2 aromatic carbocycles. The molecule has 1 aromatic heterocycles. The maximum absolute atomic E-state index is 10.0. The minimum atomic E-state index is -0.00810. The minimum absolute atomic E-state index is 0.00810. The molecule has 0 amide bonds. The molecule has 0 spiro atoms. The Balaban J connectivity index is 1.66. The molecule has 25 heavy (non-hydrogen) atoms. The standard InChI is InChI=1S/C21H19N3O/c25-18-11-5-4-9-16(18)13-19-23-20(15-7-2-1-3-8-15)21(24-19)17-10-6-12-22-14-17/h1-12,14,20-21,25H,13H2,(H,23,24). The van der Waals surface area contributed by atoms with Crippen LogP contribution in [0.3, 0.4) is 0 Å². The van der Waals surface area contributed by atoms with Crippen LogP contribution in [-0.4, -0.2) is 15.9 Å². The number of phenols is 1. The van der Waals surface area contributed by atoms with Crippen molar-refractivity contribution in [3.8, 4) is 5.75 Å². The number of aliphatic imine (C=N–C) groups is 1. The van der Waals surface area contributed by atoms with E-state index >= 15 is 0 Å². The van der Waals surface area contributed by atoms with E-state index in [4.69, 9.17) is 4.99 Å². The van der Waals surface area contributed by atoms with Gasteiger partial charge in [-0.15, -0.1) is 0 Å². The van der Waals surface area contributed by atoms with Crippen LogP contribution in [0.15, 0.2) is 84.1 Å². The van der Waals surface area contributed by atoms with Crippen LogP contribution in [0.5, 0.6) is 5.75 Å². The van der Waals surface area contributed by atoms with Gasteiger partial charge in [-0.2, -0.15) is 0 Å². The zero-order valence-electron chi connectivity index (χ0n) is 13.7. The highest BCUT2D eigenvalue weighted by atomic mass is 16.3. The highest BCUT2D eigenvalue weighted by Gasteiger charge is 2.31. The van der Waals surface area contributed by atoms with Gasteiger partial charge in [0.2, 0.25) is 0 Å². The van der Waals surface area contributed by atoms with Crippen molar-refractivity contribution in [3.63, 3.8) is 0 Å². The molecular formula is C21H19N3O. The van der Waals surface area contributed by atoms with Crippen molar-refractivity contribution >= 4 is 5.84 Å². The van der Waals surface area contributed by atoms with E-state index in [9.17, 15) is 5.11 Å². The molecule has 0 radical (unpaired) electrons. The third kappa shape index (κ3) is 3.24. The molecule has 3 aromatic rings. The molecule has 0 bridgehead atoms. The summed E-state index contributed by atoms with van der Waals surface area (Å²) in [4.78, 5) is 9.17. The second kappa shape index (κ2) is 6.77. The Morgan fingerprint density at radius 2 is 1.64 bits per heavy atom. The summed E-state index contributed by atoms with van der Waals surface area (Å²) in [6.07, 6.45) is 4.23. The minimum Gasteiger partial charge on any atom is -0.508 e. The molecule has 2 heterocycles. The number of aromatic hydroxyl groups is 1. The fraction of sp³-hybridized carbons (Fsp3) is 0.143. The molecule has 1 aliphatic heterocycles. The third-order valence-corrected chi connectivity index (χ3v) is 4.47. The summed E-state index contributed by atoms with van der Waals surface area (Å²) in [5.74, 6) is 1.18. The number of phenolic OH excluding ortho intramolecular Hbond substituents is 1. The number of nitrogens with one attached hydrogen (secondary N) is 1. The monoisotopic (exact) mass is 329 g/mol. The van der Waals surface area contributed by atoms with Crippen molar-refractivity contribution in [1.29, 1.82) is 0 Å². The van der Waals surface area contributed by atoms with Crippen molar-refractivity contribution < 1.29 is 5.11 Å². The van der Waals surface area contributed by atoms with Crippen molar-refractivity contribution in [2.45, 2.75) is 18.5 Å². The Kier molecular flexibility index (Phi) is 4.17. The van der Waals surface area contributed by atoms with Gasteiger partial charge in [0, 0.05) is 24.4 Å². The van der Waals surface area contributed by atoms with Gasteiger partial charge in [0.15, 0.2) is 0 Å². The first-order chi connectivity index (χ1) is 12.3. The van der Waals surface area contributed by atoms with Gasteiger partial charge in [-0.05, 0) is 23.3 Å². The second-order valence-corrected chi connectivity index (χ2v) is 6.15. The molecule has 2 N–H and O–H groups in total. The molecule has 0 aliphatic carbocycles. The van der Waals surface area contributed by atoms with Crippen LogP contribution in [0.25, 0.3) is 0 Å². The summed E-state index contributed by atoms with van der Waals surface area (Å²) in [6.45, 7) is 0. The van der Waals surface area contributed by atoms with Crippen LogP contribution in [0.4, 0.5) is 0 Å². The number of hydrogen-bond donors (Lipinski definition) is 2. The van der Waals surface area contributed by atoms with E-state index in [1.807, 2.05) is 48.7 Å². The Bertz CT molecular complexity index is 878. The van der Waals surface area contributed by atoms with Crippen LogP contribution < -0.4 is 5.32 Å². The summed E-state index contributed by atoms with van der Waals surface area (Å²) in [7, 11) is 0. The first-order valence-corrected chi connectivity index (χ1v) is 8.36. The van der Waals surface area contributed by atoms with Crippen LogP contribution in [0.2, 0.25) is 0 Å². The van der Waals surface area contributed by atoms with E-state index in [0.717, 1.165) is 22.5 Å². The summed E-state index contributed by atoms with van der Waals surface area (Å²) in [6, 6.07) is 21.7. The first-order valence-electron chi connectivity index (χ1n) is 8.36. The van der Waals surface area contributed by atoms with Crippen molar-refractivity contribution in [1.82, 2.24) is 10.3 Å². The lowest BCUT2D eigenvalue weighted by molar-refractivity contribution is 0.470. The Morgan fingerprint density at radius 1 is 0.880 bits per heavy atom. The van der Waals surface area contributed by atoms with Crippen LogP contribution >= 0.6 is 0 Å². The first kappa shape index (κ1) is 15.4. The molecule has 0 fully saturated rings. The second-order valence-electron chi connectivity index (χ2n) is 6.15. The largest absolute Gasteiger partial charge is 0.508 e. The number of benzene rings is 2. The SMILES string of the molecule is Oc1ccccc1CC1=NC(c2ccccc2)C(c2cccnc2)N1. The van der Waals surface area contributed by atoms with Crippen molar-refractivity contribution in [2.24, 2.45) is 4.99 Å². The highest BCUT2D eigenvalue weighted by Crippen LogP contribution is 2.36. The van der Waals surface area contributed by atoms with E-state index in [2.05, 4.69) is 28.5 Å². The zero-order chi connectivity index (χ0) is 17.1. The quantitative estimate of drug-likeness (QED) is 0.765. The van der Waals surface area contributed by atoms with Gasteiger partial charge < -0.3 is 10.4 Å². The van der Waals surface area contributed by atoms with Gasteiger partial charge in [-0.25, -0.2) is 0 Å². The molecule has 4 rings (SSSR count). The van der Waals surface area contributed by atoms with Crippen molar-refractivity contribution in [3.05, 3.63) is 95.8 Å². The maximum atomic E-state index is 10.0. The third-order valence-electron chi connectivity index (χ3n) is 4.47. The molecule has 4 nitrogen and oxygen atoms in total. The van der Waals surface area contributed by atoms with E-state index in [1.165, 1.54) is 0 Å². The molecular weight excluding hydrogens is 310 g/mol. The van der Waals surface area contributed by atoms with Crippen LogP contribution in [-0.2, 0) is 6.42 Å². The lowest BCUT2D eigenvalue weighted by Crippen LogP contribution is -2.25. The van der Waals surface area contributed by atoms with Gasteiger partial charge in [-0.3, -0.25) is 9.98 Å². The number of hydrogen-bond acceptors (Lipinski definition) is 4. The predicted molar refractivity (Wildman–Crippen MR) is 98.5 cm³/mol. The number of nitrogens with zero attached hydrogens (tertiary/aromatic N) is 2. The zero-order valence-corrected chi connectivity index (χ0v) is 13.7. The average Bonchev–Trinajstić information content (AvgIpc) is 3.09. The normalized spacial score (nSPS) is 19.3. The lowest BCUT2D eigenvalue weighted by atomic mass is 9.96. The van der Waals surface area contributed by atoms with E-state index in [-0.39, 0.29) is 12.1 Å². The predicted octanol–water partition coefficient (Wildman–Crippen LogP) is 3.81. The molecule has 4 heteroatoms. The number of amidine groups is 1. The van der Waals surface area contributed by atoms with E-state index < -0.39 is 0 Å². The fourth-order valence-electron chi connectivity index (χ4n) is 3.22. The number of rotatable bonds is 4.